The minimum absolute atomic E-state index is 0.128. The predicted molar refractivity (Wildman–Crippen MR) is 90.3 cm³/mol. The third-order valence-electron chi connectivity index (χ3n) is 3.92. The molecule has 3 rings (SSSR count). The number of nitrogens with zero attached hydrogens (tertiary/aromatic N) is 2. The Morgan fingerprint density at radius 1 is 1.25 bits per heavy atom. The van der Waals surface area contributed by atoms with E-state index in [2.05, 4.69) is 10.3 Å². The largest absolute Gasteiger partial charge is 0.497 e. The summed E-state index contributed by atoms with van der Waals surface area (Å²) in [6, 6.07) is 7.48. The van der Waals surface area contributed by atoms with Crippen LogP contribution in [0.4, 0.5) is 4.79 Å². The molecule has 1 N–H and O–H groups in total. The standard InChI is InChI=1S/C17H18ClN3O3/c1-23-14-4-3-12-9-21(10-13(12)6-14)17(22)20-8-11-5-15(18)16(24-2)19-7-11/h3-7H,8-10H2,1-2H3,(H,20,22). The lowest BCUT2D eigenvalue weighted by atomic mass is 10.1. The van der Waals surface area contributed by atoms with Crippen LogP contribution in [-0.4, -0.2) is 30.1 Å². The van der Waals surface area contributed by atoms with Crippen LogP contribution < -0.4 is 14.8 Å². The maximum atomic E-state index is 12.4. The van der Waals surface area contributed by atoms with E-state index in [0.29, 0.717) is 30.5 Å². The predicted octanol–water partition coefficient (Wildman–Crippen LogP) is 2.98. The van der Waals surface area contributed by atoms with E-state index >= 15 is 0 Å². The summed E-state index contributed by atoms with van der Waals surface area (Å²) in [5, 5.41) is 3.31. The van der Waals surface area contributed by atoms with Crippen molar-refractivity contribution in [2.45, 2.75) is 19.6 Å². The highest BCUT2D eigenvalue weighted by atomic mass is 35.5. The number of hydrogen-bond acceptors (Lipinski definition) is 4. The van der Waals surface area contributed by atoms with E-state index in [1.54, 1.807) is 24.3 Å². The highest BCUT2D eigenvalue weighted by Gasteiger charge is 2.23. The Kier molecular flexibility index (Phi) is 4.76. The van der Waals surface area contributed by atoms with Gasteiger partial charge in [-0.25, -0.2) is 9.78 Å². The molecule has 1 aromatic carbocycles. The highest BCUT2D eigenvalue weighted by molar-refractivity contribution is 6.31. The van der Waals surface area contributed by atoms with Crippen LogP contribution in [0.3, 0.4) is 0 Å². The van der Waals surface area contributed by atoms with Gasteiger partial charge in [-0.15, -0.1) is 0 Å². The number of nitrogens with one attached hydrogen (secondary N) is 1. The fourth-order valence-electron chi connectivity index (χ4n) is 2.64. The molecule has 7 heteroatoms. The van der Waals surface area contributed by atoms with Gasteiger partial charge in [0.15, 0.2) is 0 Å². The van der Waals surface area contributed by atoms with Gasteiger partial charge in [-0.05, 0) is 34.9 Å². The molecule has 1 aliphatic rings. The summed E-state index contributed by atoms with van der Waals surface area (Å²) in [4.78, 5) is 18.2. The normalized spacial score (nSPS) is 12.7. The molecule has 0 unspecified atom stereocenters. The zero-order valence-corrected chi connectivity index (χ0v) is 14.3. The van der Waals surface area contributed by atoms with Gasteiger partial charge >= 0.3 is 6.03 Å². The topological polar surface area (TPSA) is 63.7 Å². The number of fused-ring (bicyclic) bond motifs is 1. The molecule has 6 nitrogen and oxygen atoms in total. The number of halogens is 1. The van der Waals surface area contributed by atoms with Crippen molar-refractivity contribution < 1.29 is 14.3 Å². The maximum Gasteiger partial charge on any atom is 0.318 e. The van der Waals surface area contributed by atoms with Gasteiger partial charge in [0.1, 0.15) is 10.8 Å². The molecule has 2 aromatic rings. The molecule has 0 bridgehead atoms. The summed E-state index contributed by atoms with van der Waals surface area (Å²) in [6.45, 7) is 1.51. The monoisotopic (exact) mass is 347 g/mol. The molecule has 0 atom stereocenters. The Balaban J connectivity index is 1.59. The van der Waals surface area contributed by atoms with E-state index in [1.165, 1.54) is 7.11 Å². The second-order valence-electron chi connectivity index (χ2n) is 5.48. The molecule has 0 aliphatic carbocycles. The molecular weight excluding hydrogens is 330 g/mol. The molecule has 2 heterocycles. The first-order valence-electron chi connectivity index (χ1n) is 7.47. The third kappa shape index (κ3) is 3.38. The number of carbonyl (C=O) groups excluding carboxylic acids is 1. The first-order chi connectivity index (χ1) is 11.6. The lowest BCUT2D eigenvalue weighted by Gasteiger charge is -2.16. The van der Waals surface area contributed by atoms with Crippen LogP contribution in [0.1, 0.15) is 16.7 Å². The van der Waals surface area contributed by atoms with Crippen LogP contribution in [0, 0.1) is 0 Å². The number of rotatable bonds is 4. The summed E-state index contributed by atoms with van der Waals surface area (Å²) in [7, 11) is 3.14. The van der Waals surface area contributed by atoms with E-state index in [4.69, 9.17) is 21.1 Å². The molecule has 24 heavy (non-hydrogen) atoms. The van der Waals surface area contributed by atoms with Crippen molar-refractivity contribution in [3.8, 4) is 11.6 Å². The van der Waals surface area contributed by atoms with Gasteiger partial charge in [0.05, 0.1) is 14.2 Å². The number of carbonyl (C=O) groups is 1. The lowest BCUT2D eigenvalue weighted by molar-refractivity contribution is 0.198. The van der Waals surface area contributed by atoms with Crippen molar-refractivity contribution in [2.75, 3.05) is 14.2 Å². The molecule has 1 aromatic heterocycles. The molecule has 0 fully saturated rings. The minimum atomic E-state index is -0.128. The Morgan fingerprint density at radius 3 is 2.75 bits per heavy atom. The minimum Gasteiger partial charge on any atom is -0.497 e. The van der Waals surface area contributed by atoms with Crippen LogP contribution in [0.15, 0.2) is 30.5 Å². The first kappa shape index (κ1) is 16.4. The Labute approximate surface area is 145 Å². The van der Waals surface area contributed by atoms with Gasteiger partial charge in [0.25, 0.3) is 0 Å². The number of amides is 2. The molecule has 0 radical (unpaired) electrons. The quantitative estimate of drug-likeness (QED) is 0.923. The number of benzene rings is 1. The van der Waals surface area contributed by atoms with Crippen LogP contribution in [-0.2, 0) is 19.6 Å². The van der Waals surface area contributed by atoms with Gasteiger partial charge in [-0.3, -0.25) is 0 Å². The van der Waals surface area contributed by atoms with Crippen LogP contribution in [0.25, 0.3) is 0 Å². The van der Waals surface area contributed by atoms with E-state index < -0.39 is 0 Å². The summed E-state index contributed by atoms with van der Waals surface area (Å²) in [5.74, 6) is 1.17. The van der Waals surface area contributed by atoms with E-state index in [0.717, 1.165) is 22.4 Å². The van der Waals surface area contributed by atoms with Crippen LogP contribution in [0.2, 0.25) is 5.02 Å². The molecule has 0 saturated heterocycles. The molecule has 2 amide bonds. The Bertz CT molecular complexity index is 767. The average molecular weight is 348 g/mol. The number of pyridine rings is 1. The molecular formula is C17H18ClN3O3. The van der Waals surface area contributed by atoms with Gasteiger partial charge in [0.2, 0.25) is 5.88 Å². The number of urea groups is 1. The molecule has 0 spiro atoms. The van der Waals surface area contributed by atoms with Crippen molar-refractivity contribution in [3.05, 3.63) is 52.2 Å². The van der Waals surface area contributed by atoms with Crippen molar-refractivity contribution >= 4 is 17.6 Å². The summed E-state index contributed by atoms with van der Waals surface area (Å²) in [5.41, 5.74) is 3.06. The highest BCUT2D eigenvalue weighted by Crippen LogP contribution is 2.26. The number of aromatic nitrogens is 1. The molecule has 126 valence electrons. The maximum absolute atomic E-state index is 12.4. The van der Waals surface area contributed by atoms with Gasteiger partial charge in [-0.2, -0.15) is 0 Å². The van der Waals surface area contributed by atoms with Gasteiger partial charge < -0.3 is 19.7 Å². The van der Waals surface area contributed by atoms with E-state index in [9.17, 15) is 4.79 Å². The molecule has 0 saturated carbocycles. The second kappa shape index (κ2) is 6.97. The van der Waals surface area contributed by atoms with Crippen molar-refractivity contribution in [1.29, 1.82) is 0 Å². The second-order valence-corrected chi connectivity index (χ2v) is 5.89. The zero-order valence-electron chi connectivity index (χ0n) is 13.5. The third-order valence-corrected chi connectivity index (χ3v) is 4.19. The lowest BCUT2D eigenvalue weighted by Crippen LogP contribution is -2.36. The van der Waals surface area contributed by atoms with E-state index in [-0.39, 0.29) is 6.03 Å². The number of hydrogen-bond donors (Lipinski definition) is 1. The smallest absolute Gasteiger partial charge is 0.318 e. The van der Waals surface area contributed by atoms with Crippen molar-refractivity contribution in [2.24, 2.45) is 0 Å². The first-order valence-corrected chi connectivity index (χ1v) is 7.85. The average Bonchev–Trinajstić information content (AvgIpc) is 3.02. The van der Waals surface area contributed by atoms with Gasteiger partial charge in [-0.1, -0.05) is 17.7 Å². The van der Waals surface area contributed by atoms with Crippen LogP contribution in [0.5, 0.6) is 11.6 Å². The van der Waals surface area contributed by atoms with E-state index in [1.807, 2.05) is 18.2 Å². The Hall–Kier alpha value is -2.47. The van der Waals surface area contributed by atoms with Gasteiger partial charge in [0, 0.05) is 25.8 Å². The summed E-state index contributed by atoms with van der Waals surface area (Å²) >= 11 is 6.04. The molecule has 1 aliphatic heterocycles. The number of methoxy groups -OCH3 is 2. The summed E-state index contributed by atoms with van der Waals surface area (Å²) < 4.78 is 10.2. The number of ether oxygens (including phenoxy) is 2. The van der Waals surface area contributed by atoms with Crippen molar-refractivity contribution in [3.63, 3.8) is 0 Å². The SMILES string of the molecule is COc1ccc2c(c1)CN(C(=O)NCc1cnc(OC)c(Cl)c1)C2. The zero-order chi connectivity index (χ0) is 17.1. The Morgan fingerprint density at radius 2 is 2.04 bits per heavy atom. The summed E-state index contributed by atoms with van der Waals surface area (Å²) in [6.07, 6.45) is 1.63. The fraction of sp³-hybridized carbons (Fsp3) is 0.294. The van der Waals surface area contributed by atoms with Crippen molar-refractivity contribution in [1.82, 2.24) is 15.2 Å². The fourth-order valence-corrected chi connectivity index (χ4v) is 2.91. The van der Waals surface area contributed by atoms with Crippen LogP contribution >= 0.6 is 11.6 Å².